The van der Waals surface area contributed by atoms with Gasteiger partial charge in [0.15, 0.2) is 0 Å². The van der Waals surface area contributed by atoms with Crippen LogP contribution in [0.15, 0.2) is 36.5 Å². The van der Waals surface area contributed by atoms with Crippen molar-refractivity contribution in [2.75, 3.05) is 23.3 Å². The summed E-state index contributed by atoms with van der Waals surface area (Å²) >= 11 is 0. The Balaban J connectivity index is 1.38. The van der Waals surface area contributed by atoms with Gasteiger partial charge in [0.25, 0.3) is 0 Å². The van der Waals surface area contributed by atoms with Gasteiger partial charge in [0.2, 0.25) is 5.91 Å². The number of hydrogen-bond donors (Lipinski definition) is 2. The van der Waals surface area contributed by atoms with Crippen molar-refractivity contribution >= 4 is 28.3 Å². The number of aromatic nitrogens is 2. The first kappa shape index (κ1) is 21.5. The lowest BCUT2D eigenvalue weighted by Crippen LogP contribution is -2.28. The van der Waals surface area contributed by atoms with E-state index in [4.69, 9.17) is 10.7 Å². The first-order chi connectivity index (χ1) is 16.7. The van der Waals surface area contributed by atoms with Gasteiger partial charge in [-0.15, -0.1) is 0 Å². The fraction of sp³-hybridized carbons (Fsp3) is 0.464. The fourth-order valence-electron chi connectivity index (χ4n) is 6.02. The van der Waals surface area contributed by atoms with Crippen LogP contribution < -0.4 is 16.0 Å². The molecule has 1 atom stereocenters. The van der Waals surface area contributed by atoms with Gasteiger partial charge in [0.1, 0.15) is 5.82 Å². The predicted molar refractivity (Wildman–Crippen MR) is 137 cm³/mol. The Hall–Kier alpha value is -2.99. The highest BCUT2D eigenvalue weighted by Crippen LogP contribution is 2.39. The topological polar surface area (TPSA) is 84.1 Å². The van der Waals surface area contributed by atoms with Crippen molar-refractivity contribution in [2.24, 2.45) is 11.7 Å². The number of carbonyl (C=O) groups excluding carboxylic acids is 1. The summed E-state index contributed by atoms with van der Waals surface area (Å²) in [6, 6.07) is 10.8. The van der Waals surface area contributed by atoms with Gasteiger partial charge in [0.05, 0.1) is 11.2 Å². The summed E-state index contributed by atoms with van der Waals surface area (Å²) in [7, 11) is 0. The number of anilines is 2. The van der Waals surface area contributed by atoms with Crippen molar-refractivity contribution in [3.8, 4) is 11.1 Å². The van der Waals surface area contributed by atoms with Crippen LogP contribution in [0.4, 0.5) is 11.5 Å². The Morgan fingerprint density at radius 3 is 2.65 bits per heavy atom. The van der Waals surface area contributed by atoms with E-state index in [0.717, 1.165) is 74.7 Å². The van der Waals surface area contributed by atoms with Gasteiger partial charge in [-0.1, -0.05) is 18.9 Å². The number of rotatable bonds is 4. The van der Waals surface area contributed by atoms with Gasteiger partial charge < -0.3 is 16.0 Å². The van der Waals surface area contributed by atoms with E-state index in [0.29, 0.717) is 5.82 Å². The lowest BCUT2D eigenvalue weighted by Gasteiger charge is -2.28. The third-order valence-corrected chi connectivity index (χ3v) is 7.84. The minimum atomic E-state index is 0.101. The summed E-state index contributed by atoms with van der Waals surface area (Å²) in [5, 5.41) is 4.26. The number of nitrogens with two attached hydrogens (primary N) is 1. The SMILES string of the molecule is N[C@H]1CCN(c2c3c(nc4ccc(-c5ccnc(NC(=O)C6CCCC6)c5)cc24)CCCC3)C1. The maximum atomic E-state index is 12.6. The summed E-state index contributed by atoms with van der Waals surface area (Å²) in [6.45, 7) is 1.91. The van der Waals surface area contributed by atoms with Gasteiger partial charge in [-0.3, -0.25) is 9.78 Å². The summed E-state index contributed by atoms with van der Waals surface area (Å²) in [5.41, 5.74) is 13.6. The van der Waals surface area contributed by atoms with Crippen molar-refractivity contribution in [3.63, 3.8) is 0 Å². The minimum Gasteiger partial charge on any atom is -0.369 e. The molecular weight excluding hydrogens is 422 g/mol. The molecule has 3 aromatic rings. The highest BCUT2D eigenvalue weighted by Gasteiger charge is 2.27. The molecule has 3 aliphatic rings. The van der Waals surface area contributed by atoms with Crippen LogP contribution in [0.3, 0.4) is 0 Å². The first-order valence-corrected chi connectivity index (χ1v) is 12.9. The molecule has 1 aliphatic heterocycles. The molecule has 0 unspecified atom stereocenters. The van der Waals surface area contributed by atoms with Crippen molar-refractivity contribution < 1.29 is 4.79 Å². The smallest absolute Gasteiger partial charge is 0.228 e. The molecule has 2 fully saturated rings. The van der Waals surface area contributed by atoms with E-state index >= 15 is 0 Å². The third kappa shape index (κ3) is 4.05. The van der Waals surface area contributed by atoms with Gasteiger partial charge >= 0.3 is 0 Å². The Bertz CT molecular complexity index is 1230. The van der Waals surface area contributed by atoms with Crippen LogP contribution in [0.1, 0.15) is 56.2 Å². The number of amides is 1. The lowest BCUT2D eigenvalue weighted by molar-refractivity contribution is -0.119. The normalized spacial score (nSPS) is 20.6. The minimum absolute atomic E-state index is 0.101. The maximum Gasteiger partial charge on any atom is 0.228 e. The van der Waals surface area contributed by atoms with E-state index in [2.05, 4.69) is 33.4 Å². The van der Waals surface area contributed by atoms with Crippen molar-refractivity contribution in [2.45, 2.75) is 63.8 Å². The molecule has 0 bridgehead atoms. The molecule has 1 saturated carbocycles. The Kier molecular flexibility index (Phi) is 5.69. The average molecular weight is 456 g/mol. The van der Waals surface area contributed by atoms with E-state index < -0.39 is 0 Å². The van der Waals surface area contributed by atoms with Gasteiger partial charge in [-0.25, -0.2) is 4.98 Å². The van der Waals surface area contributed by atoms with Crippen molar-refractivity contribution in [1.82, 2.24) is 9.97 Å². The molecule has 2 aromatic heterocycles. The highest BCUT2D eigenvalue weighted by molar-refractivity contribution is 5.97. The van der Waals surface area contributed by atoms with E-state index in [1.54, 1.807) is 6.20 Å². The summed E-state index contributed by atoms with van der Waals surface area (Å²) in [6.07, 6.45) is 11.7. The van der Waals surface area contributed by atoms with Gasteiger partial charge in [-0.2, -0.15) is 0 Å². The molecule has 6 heteroatoms. The number of pyridine rings is 2. The first-order valence-electron chi connectivity index (χ1n) is 12.9. The second kappa shape index (κ2) is 8.99. The zero-order chi connectivity index (χ0) is 23.1. The number of benzene rings is 1. The Morgan fingerprint density at radius 2 is 1.82 bits per heavy atom. The molecule has 6 nitrogen and oxygen atoms in total. The van der Waals surface area contributed by atoms with E-state index in [1.807, 2.05) is 12.1 Å². The largest absolute Gasteiger partial charge is 0.369 e. The van der Waals surface area contributed by atoms with Crippen LogP contribution in [0, 0.1) is 5.92 Å². The lowest BCUT2D eigenvalue weighted by atomic mass is 9.91. The van der Waals surface area contributed by atoms with Crippen LogP contribution in [0.5, 0.6) is 0 Å². The molecule has 2 aliphatic carbocycles. The molecular formula is C28H33N5O. The molecule has 3 heterocycles. The van der Waals surface area contributed by atoms with Crippen LogP contribution in [-0.2, 0) is 17.6 Å². The molecule has 34 heavy (non-hydrogen) atoms. The number of carbonyl (C=O) groups is 1. The molecule has 3 N–H and O–H groups in total. The number of fused-ring (bicyclic) bond motifs is 2. The molecule has 1 saturated heterocycles. The number of nitrogens with zero attached hydrogens (tertiary/aromatic N) is 3. The molecule has 1 aromatic carbocycles. The zero-order valence-electron chi connectivity index (χ0n) is 19.7. The third-order valence-electron chi connectivity index (χ3n) is 7.84. The summed E-state index contributed by atoms with van der Waals surface area (Å²) in [5.74, 6) is 0.853. The van der Waals surface area contributed by atoms with Gasteiger partial charge in [-0.05, 0) is 85.9 Å². The molecule has 176 valence electrons. The van der Waals surface area contributed by atoms with E-state index in [9.17, 15) is 4.79 Å². The van der Waals surface area contributed by atoms with E-state index in [1.165, 1.54) is 35.2 Å². The summed E-state index contributed by atoms with van der Waals surface area (Å²) in [4.78, 5) is 24.6. The van der Waals surface area contributed by atoms with Gasteiger partial charge in [0, 0.05) is 42.3 Å². The van der Waals surface area contributed by atoms with Crippen LogP contribution >= 0.6 is 0 Å². The standard InChI is InChI=1S/C28H33N5O/c29-21-12-14-33(17-21)27-22-7-3-4-8-24(22)31-25-10-9-19(15-23(25)27)20-11-13-30-26(16-20)32-28(34)18-5-1-2-6-18/h9-11,13,15-16,18,21H,1-8,12,14,17,29H2,(H,30,32,34)/t21-/m0/s1. The second-order valence-corrected chi connectivity index (χ2v) is 10.2. The summed E-state index contributed by atoms with van der Waals surface area (Å²) < 4.78 is 0. The van der Waals surface area contributed by atoms with Crippen LogP contribution in [0.2, 0.25) is 0 Å². The molecule has 0 radical (unpaired) electrons. The van der Waals surface area contributed by atoms with Crippen molar-refractivity contribution in [3.05, 3.63) is 47.8 Å². The fourth-order valence-corrected chi connectivity index (χ4v) is 6.02. The number of hydrogen-bond acceptors (Lipinski definition) is 5. The monoisotopic (exact) mass is 455 g/mol. The molecule has 6 rings (SSSR count). The Labute approximate surface area is 201 Å². The predicted octanol–water partition coefficient (Wildman–Crippen LogP) is 4.84. The second-order valence-electron chi connectivity index (χ2n) is 10.2. The highest BCUT2D eigenvalue weighted by atomic mass is 16.1. The number of nitrogens with one attached hydrogen (secondary N) is 1. The zero-order valence-corrected chi connectivity index (χ0v) is 19.7. The Morgan fingerprint density at radius 1 is 1.00 bits per heavy atom. The van der Waals surface area contributed by atoms with Crippen LogP contribution in [-0.4, -0.2) is 35.0 Å². The average Bonchev–Trinajstić information content (AvgIpc) is 3.55. The van der Waals surface area contributed by atoms with E-state index in [-0.39, 0.29) is 17.9 Å². The maximum absolute atomic E-state index is 12.6. The van der Waals surface area contributed by atoms with Crippen molar-refractivity contribution in [1.29, 1.82) is 0 Å². The number of aryl methyl sites for hydroxylation is 1. The molecule has 0 spiro atoms. The quantitative estimate of drug-likeness (QED) is 0.588. The molecule has 1 amide bonds. The van der Waals surface area contributed by atoms with Crippen LogP contribution in [0.25, 0.3) is 22.0 Å².